The van der Waals surface area contributed by atoms with Crippen LogP contribution in [0.15, 0.2) is 6.20 Å². The predicted octanol–water partition coefficient (Wildman–Crippen LogP) is 1.73. The molecular weight excluding hydrogens is 218 g/mol. The van der Waals surface area contributed by atoms with Gasteiger partial charge in [-0.1, -0.05) is 6.92 Å². The van der Waals surface area contributed by atoms with Crippen molar-refractivity contribution in [3.8, 4) is 0 Å². The lowest BCUT2D eigenvalue weighted by Gasteiger charge is -2.28. The number of aromatic carboxylic acids is 1. The fourth-order valence-corrected chi connectivity index (χ4v) is 2.08. The highest BCUT2D eigenvalue weighted by molar-refractivity contribution is 5.92. The van der Waals surface area contributed by atoms with Gasteiger partial charge in [-0.25, -0.2) is 14.8 Å². The molecule has 0 saturated carbocycles. The van der Waals surface area contributed by atoms with Gasteiger partial charge in [0.2, 0.25) is 0 Å². The average molecular weight is 235 g/mol. The molecule has 0 unspecified atom stereocenters. The van der Waals surface area contributed by atoms with Crippen LogP contribution < -0.4 is 4.90 Å². The zero-order valence-electron chi connectivity index (χ0n) is 10.0. The molecule has 1 saturated heterocycles. The van der Waals surface area contributed by atoms with Crippen LogP contribution in [-0.2, 0) is 6.42 Å². The van der Waals surface area contributed by atoms with Gasteiger partial charge in [0.1, 0.15) is 17.2 Å². The second kappa shape index (κ2) is 5.12. The minimum atomic E-state index is -0.951. The lowest BCUT2D eigenvalue weighted by Crippen LogP contribution is -2.32. The fourth-order valence-electron chi connectivity index (χ4n) is 2.08. The molecule has 1 aromatic heterocycles. The minimum absolute atomic E-state index is 0.212. The number of hydrogen-bond donors (Lipinski definition) is 1. The van der Waals surface area contributed by atoms with Crippen molar-refractivity contribution in [2.24, 2.45) is 0 Å². The molecule has 0 aliphatic carbocycles. The van der Waals surface area contributed by atoms with Gasteiger partial charge < -0.3 is 10.0 Å². The normalized spacial score (nSPS) is 15.9. The summed E-state index contributed by atoms with van der Waals surface area (Å²) in [5.41, 5.74) is 0.212. The van der Waals surface area contributed by atoms with Crippen LogP contribution in [0.25, 0.3) is 0 Å². The number of hydrogen-bond acceptors (Lipinski definition) is 4. The van der Waals surface area contributed by atoms with Gasteiger partial charge in [-0.2, -0.15) is 0 Å². The number of aryl methyl sites for hydroxylation is 1. The number of carboxylic acid groups (broad SMARTS) is 1. The molecule has 2 rings (SSSR count). The van der Waals surface area contributed by atoms with Crippen molar-refractivity contribution in [1.82, 2.24) is 9.97 Å². The third-order valence-corrected chi connectivity index (χ3v) is 3.02. The first-order chi connectivity index (χ1) is 8.22. The van der Waals surface area contributed by atoms with Gasteiger partial charge in [-0.3, -0.25) is 0 Å². The van der Waals surface area contributed by atoms with E-state index in [9.17, 15) is 4.79 Å². The maximum absolute atomic E-state index is 11.2. The van der Waals surface area contributed by atoms with Crippen LogP contribution in [0.4, 0.5) is 5.82 Å². The Bertz CT molecular complexity index is 414. The zero-order chi connectivity index (χ0) is 12.3. The summed E-state index contributed by atoms with van der Waals surface area (Å²) in [7, 11) is 0. The van der Waals surface area contributed by atoms with E-state index in [1.54, 1.807) is 0 Å². The molecule has 5 heteroatoms. The number of nitrogens with zero attached hydrogens (tertiary/aromatic N) is 3. The van der Waals surface area contributed by atoms with Gasteiger partial charge in [0.05, 0.1) is 0 Å². The highest BCUT2D eigenvalue weighted by Crippen LogP contribution is 2.21. The number of rotatable bonds is 3. The Balaban J connectivity index is 2.36. The summed E-state index contributed by atoms with van der Waals surface area (Å²) in [6.45, 7) is 3.75. The van der Waals surface area contributed by atoms with Gasteiger partial charge in [0.15, 0.2) is 0 Å². The molecule has 2 heterocycles. The Hall–Kier alpha value is -1.65. The van der Waals surface area contributed by atoms with Gasteiger partial charge >= 0.3 is 5.97 Å². The molecule has 1 aliphatic heterocycles. The van der Waals surface area contributed by atoms with Gasteiger partial charge in [0, 0.05) is 25.7 Å². The number of carbonyl (C=O) groups is 1. The van der Waals surface area contributed by atoms with E-state index in [1.165, 1.54) is 12.6 Å². The Morgan fingerprint density at radius 1 is 1.41 bits per heavy atom. The first kappa shape index (κ1) is 11.8. The molecule has 17 heavy (non-hydrogen) atoms. The molecule has 0 amide bonds. The van der Waals surface area contributed by atoms with Crippen molar-refractivity contribution in [1.29, 1.82) is 0 Å². The fraction of sp³-hybridized carbons (Fsp3) is 0.583. The molecular formula is C12H17N3O2. The highest BCUT2D eigenvalue weighted by Gasteiger charge is 2.20. The van der Waals surface area contributed by atoms with Crippen LogP contribution in [-0.4, -0.2) is 34.1 Å². The van der Waals surface area contributed by atoms with Crippen LogP contribution in [0.1, 0.15) is 42.4 Å². The summed E-state index contributed by atoms with van der Waals surface area (Å²) in [4.78, 5) is 21.6. The monoisotopic (exact) mass is 235 g/mol. The number of aromatic nitrogens is 2. The Morgan fingerprint density at radius 3 is 2.71 bits per heavy atom. The first-order valence-electron chi connectivity index (χ1n) is 6.06. The van der Waals surface area contributed by atoms with Gasteiger partial charge in [-0.05, 0) is 19.3 Å². The summed E-state index contributed by atoms with van der Waals surface area (Å²) >= 11 is 0. The molecule has 1 aromatic rings. The van der Waals surface area contributed by atoms with Crippen LogP contribution in [0.2, 0.25) is 0 Å². The zero-order valence-corrected chi connectivity index (χ0v) is 10.0. The second-order valence-electron chi connectivity index (χ2n) is 4.23. The predicted molar refractivity (Wildman–Crippen MR) is 64.4 cm³/mol. The van der Waals surface area contributed by atoms with E-state index >= 15 is 0 Å². The van der Waals surface area contributed by atoms with Crippen molar-refractivity contribution in [2.45, 2.75) is 32.6 Å². The van der Waals surface area contributed by atoms with Crippen LogP contribution in [0, 0.1) is 0 Å². The largest absolute Gasteiger partial charge is 0.477 e. The number of carboxylic acids is 1. The van der Waals surface area contributed by atoms with Crippen LogP contribution >= 0.6 is 0 Å². The van der Waals surface area contributed by atoms with Gasteiger partial charge in [0.25, 0.3) is 0 Å². The van der Waals surface area contributed by atoms with Crippen molar-refractivity contribution in [3.63, 3.8) is 0 Å². The summed E-state index contributed by atoms with van der Waals surface area (Å²) in [6, 6.07) is 0. The SMILES string of the molecule is CCc1ncc(C(=O)O)c(N2CCCCC2)n1. The average Bonchev–Trinajstić information content (AvgIpc) is 2.39. The highest BCUT2D eigenvalue weighted by atomic mass is 16.4. The topological polar surface area (TPSA) is 66.3 Å². The smallest absolute Gasteiger partial charge is 0.341 e. The standard InChI is InChI=1S/C12H17N3O2/c1-2-10-13-8-9(12(16)17)11(14-10)15-6-4-3-5-7-15/h8H,2-7H2,1H3,(H,16,17). The molecule has 0 bridgehead atoms. The molecule has 92 valence electrons. The number of piperidine rings is 1. The molecule has 0 aromatic carbocycles. The summed E-state index contributed by atoms with van der Waals surface area (Å²) < 4.78 is 0. The number of anilines is 1. The van der Waals surface area contributed by atoms with Crippen molar-refractivity contribution in [2.75, 3.05) is 18.0 Å². The van der Waals surface area contributed by atoms with E-state index in [-0.39, 0.29) is 5.56 Å². The first-order valence-corrected chi connectivity index (χ1v) is 6.06. The molecule has 5 nitrogen and oxygen atoms in total. The quantitative estimate of drug-likeness (QED) is 0.864. The third-order valence-electron chi connectivity index (χ3n) is 3.02. The van der Waals surface area contributed by atoms with Crippen molar-refractivity contribution >= 4 is 11.8 Å². The summed E-state index contributed by atoms with van der Waals surface area (Å²) in [6.07, 6.45) is 5.57. The summed E-state index contributed by atoms with van der Waals surface area (Å²) in [5, 5.41) is 9.15. The lowest BCUT2D eigenvalue weighted by molar-refractivity contribution is 0.0696. The van der Waals surface area contributed by atoms with Crippen molar-refractivity contribution in [3.05, 3.63) is 17.6 Å². The molecule has 1 N–H and O–H groups in total. The molecule has 0 atom stereocenters. The lowest BCUT2D eigenvalue weighted by atomic mass is 10.1. The molecule has 0 radical (unpaired) electrons. The molecule has 1 aliphatic rings. The van der Waals surface area contributed by atoms with E-state index in [0.29, 0.717) is 11.6 Å². The Kier molecular flexibility index (Phi) is 3.56. The molecule has 1 fully saturated rings. The van der Waals surface area contributed by atoms with Crippen molar-refractivity contribution < 1.29 is 9.90 Å². The maximum Gasteiger partial charge on any atom is 0.341 e. The van der Waals surface area contributed by atoms with E-state index in [1.807, 2.05) is 6.92 Å². The van der Waals surface area contributed by atoms with E-state index in [0.717, 1.165) is 32.4 Å². The third kappa shape index (κ3) is 2.54. The molecule has 0 spiro atoms. The summed E-state index contributed by atoms with van der Waals surface area (Å²) in [5.74, 6) is 0.341. The van der Waals surface area contributed by atoms with Crippen LogP contribution in [0.5, 0.6) is 0 Å². The maximum atomic E-state index is 11.2. The Labute approximate surface area is 100 Å². The Morgan fingerprint density at radius 2 is 2.12 bits per heavy atom. The van der Waals surface area contributed by atoms with E-state index < -0.39 is 5.97 Å². The second-order valence-corrected chi connectivity index (χ2v) is 4.23. The van der Waals surface area contributed by atoms with E-state index in [4.69, 9.17) is 5.11 Å². The minimum Gasteiger partial charge on any atom is -0.477 e. The van der Waals surface area contributed by atoms with E-state index in [2.05, 4.69) is 14.9 Å². The van der Waals surface area contributed by atoms with Crippen LogP contribution in [0.3, 0.4) is 0 Å². The van der Waals surface area contributed by atoms with Gasteiger partial charge in [-0.15, -0.1) is 0 Å².